The van der Waals surface area contributed by atoms with Gasteiger partial charge in [-0.25, -0.2) is 0 Å². The van der Waals surface area contributed by atoms with Gasteiger partial charge in [0.1, 0.15) is 5.75 Å². The fourth-order valence-corrected chi connectivity index (χ4v) is 1.40. The van der Waals surface area contributed by atoms with Crippen LogP contribution in [0.1, 0.15) is 37.8 Å². The molecule has 2 heteroatoms. The Hall–Kier alpha value is -1.31. The Morgan fingerprint density at radius 3 is 2.62 bits per heavy atom. The second-order valence-electron chi connectivity index (χ2n) is 4.68. The molecule has 88 valence electrons. The molecule has 1 aromatic rings. The number of esters is 1. The van der Waals surface area contributed by atoms with E-state index in [9.17, 15) is 4.79 Å². The lowest BCUT2D eigenvalue weighted by molar-refractivity contribution is -0.134. The Bertz CT molecular complexity index is 367. The molecule has 0 aromatic heterocycles. The van der Waals surface area contributed by atoms with Crippen LogP contribution in [0.3, 0.4) is 0 Å². The molecule has 0 atom stereocenters. The highest BCUT2D eigenvalue weighted by Crippen LogP contribution is 2.20. The largest absolute Gasteiger partial charge is 0.426 e. The zero-order chi connectivity index (χ0) is 12.1. The molecule has 0 saturated heterocycles. The van der Waals surface area contributed by atoms with Gasteiger partial charge >= 0.3 is 5.97 Å². The van der Waals surface area contributed by atoms with E-state index in [4.69, 9.17) is 4.74 Å². The van der Waals surface area contributed by atoms with Crippen LogP contribution in [0.25, 0.3) is 0 Å². The Morgan fingerprint density at radius 1 is 1.31 bits per heavy atom. The third kappa shape index (κ3) is 4.05. The van der Waals surface area contributed by atoms with E-state index in [1.54, 1.807) is 0 Å². The first kappa shape index (κ1) is 12.8. The molecule has 0 aliphatic heterocycles. The molecule has 1 rings (SSSR count). The molecule has 16 heavy (non-hydrogen) atoms. The summed E-state index contributed by atoms with van der Waals surface area (Å²) in [6.07, 6.45) is 1.37. The van der Waals surface area contributed by atoms with Crippen LogP contribution in [0, 0.1) is 19.8 Å². The topological polar surface area (TPSA) is 26.3 Å². The van der Waals surface area contributed by atoms with Gasteiger partial charge in [-0.3, -0.25) is 4.79 Å². The van der Waals surface area contributed by atoms with Gasteiger partial charge in [0.25, 0.3) is 0 Å². The monoisotopic (exact) mass is 220 g/mol. The molecule has 0 spiro atoms. The lowest BCUT2D eigenvalue weighted by Crippen LogP contribution is -2.09. The molecule has 0 bridgehead atoms. The summed E-state index contributed by atoms with van der Waals surface area (Å²) in [4.78, 5) is 11.6. The summed E-state index contributed by atoms with van der Waals surface area (Å²) in [7, 11) is 0. The summed E-state index contributed by atoms with van der Waals surface area (Å²) in [5.41, 5.74) is 2.11. The predicted octanol–water partition coefficient (Wildman–Crippen LogP) is 3.65. The van der Waals surface area contributed by atoms with E-state index in [2.05, 4.69) is 13.8 Å². The maximum atomic E-state index is 11.6. The van der Waals surface area contributed by atoms with E-state index < -0.39 is 0 Å². The molecule has 0 N–H and O–H groups in total. The number of hydrogen-bond donors (Lipinski definition) is 0. The minimum Gasteiger partial charge on any atom is -0.426 e. The second kappa shape index (κ2) is 5.69. The minimum atomic E-state index is -0.137. The van der Waals surface area contributed by atoms with Crippen molar-refractivity contribution in [2.45, 2.75) is 40.5 Å². The smallest absolute Gasteiger partial charge is 0.311 e. The van der Waals surface area contributed by atoms with Crippen LogP contribution in [-0.4, -0.2) is 5.97 Å². The van der Waals surface area contributed by atoms with Crippen LogP contribution in [0.2, 0.25) is 0 Å². The van der Waals surface area contributed by atoms with Crippen molar-refractivity contribution in [2.24, 2.45) is 5.92 Å². The number of carbonyl (C=O) groups excluding carboxylic acids is 1. The van der Waals surface area contributed by atoms with Crippen LogP contribution in [0.4, 0.5) is 0 Å². The summed E-state index contributed by atoms with van der Waals surface area (Å²) in [6.45, 7) is 8.14. The summed E-state index contributed by atoms with van der Waals surface area (Å²) in [5.74, 6) is 1.09. The maximum Gasteiger partial charge on any atom is 0.311 e. The van der Waals surface area contributed by atoms with Gasteiger partial charge in [-0.05, 0) is 43.4 Å². The zero-order valence-corrected chi connectivity index (χ0v) is 10.5. The molecule has 0 amide bonds. The van der Waals surface area contributed by atoms with Crippen molar-refractivity contribution in [1.82, 2.24) is 0 Å². The third-order valence-electron chi connectivity index (χ3n) is 2.49. The quantitative estimate of drug-likeness (QED) is 0.572. The van der Waals surface area contributed by atoms with Gasteiger partial charge in [0, 0.05) is 6.42 Å². The van der Waals surface area contributed by atoms with Crippen molar-refractivity contribution in [2.75, 3.05) is 0 Å². The first-order chi connectivity index (χ1) is 7.49. The molecule has 0 aliphatic rings. The molecule has 0 saturated carbocycles. The highest BCUT2D eigenvalue weighted by molar-refractivity contribution is 5.72. The van der Waals surface area contributed by atoms with Crippen LogP contribution in [-0.2, 0) is 4.79 Å². The van der Waals surface area contributed by atoms with E-state index >= 15 is 0 Å². The summed E-state index contributed by atoms with van der Waals surface area (Å²) in [5, 5.41) is 0. The standard InChI is InChI=1S/C14H20O2/c1-10(2)5-8-14(15)16-13-9-11(3)6-7-12(13)4/h6-7,9-10H,5,8H2,1-4H3. The van der Waals surface area contributed by atoms with E-state index in [1.165, 1.54) is 0 Å². The highest BCUT2D eigenvalue weighted by atomic mass is 16.5. The summed E-state index contributed by atoms with van der Waals surface area (Å²) in [6, 6.07) is 5.89. The van der Waals surface area contributed by atoms with Gasteiger partial charge in [-0.2, -0.15) is 0 Å². The fraction of sp³-hybridized carbons (Fsp3) is 0.500. The molecule has 0 heterocycles. The Labute approximate surface area is 97.6 Å². The molecule has 2 nitrogen and oxygen atoms in total. The van der Waals surface area contributed by atoms with Crippen molar-refractivity contribution in [3.63, 3.8) is 0 Å². The van der Waals surface area contributed by atoms with Crippen molar-refractivity contribution in [3.8, 4) is 5.75 Å². The van der Waals surface area contributed by atoms with Gasteiger partial charge in [0.05, 0.1) is 0 Å². The van der Waals surface area contributed by atoms with Crippen molar-refractivity contribution < 1.29 is 9.53 Å². The lowest BCUT2D eigenvalue weighted by atomic mass is 10.1. The number of benzene rings is 1. The normalized spacial score (nSPS) is 10.6. The number of ether oxygens (including phenoxy) is 1. The minimum absolute atomic E-state index is 0.137. The molecular weight excluding hydrogens is 200 g/mol. The van der Waals surface area contributed by atoms with Crippen LogP contribution in [0.15, 0.2) is 18.2 Å². The Kier molecular flexibility index (Phi) is 4.53. The first-order valence-corrected chi connectivity index (χ1v) is 5.77. The van der Waals surface area contributed by atoms with Gasteiger partial charge in [0.2, 0.25) is 0 Å². The van der Waals surface area contributed by atoms with E-state index in [0.29, 0.717) is 18.1 Å². The summed E-state index contributed by atoms with van der Waals surface area (Å²) >= 11 is 0. The number of aryl methyl sites for hydroxylation is 2. The molecule has 0 unspecified atom stereocenters. The SMILES string of the molecule is Cc1ccc(C)c(OC(=O)CCC(C)C)c1. The van der Waals surface area contributed by atoms with Crippen molar-refractivity contribution >= 4 is 5.97 Å². The zero-order valence-electron chi connectivity index (χ0n) is 10.5. The average molecular weight is 220 g/mol. The average Bonchev–Trinajstić information content (AvgIpc) is 2.20. The van der Waals surface area contributed by atoms with E-state index in [0.717, 1.165) is 17.5 Å². The molecule has 1 aromatic carbocycles. The summed E-state index contributed by atoms with van der Waals surface area (Å²) < 4.78 is 5.34. The molecular formula is C14H20O2. The van der Waals surface area contributed by atoms with Gasteiger partial charge in [-0.1, -0.05) is 26.0 Å². The van der Waals surface area contributed by atoms with Crippen LogP contribution in [0.5, 0.6) is 5.75 Å². The predicted molar refractivity (Wildman–Crippen MR) is 65.6 cm³/mol. The lowest BCUT2D eigenvalue weighted by Gasteiger charge is -2.09. The van der Waals surface area contributed by atoms with Gasteiger partial charge in [0.15, 0.2) is 0 Å². The van der Waals surface area contributed by atoms with Gasteiger partial charge < -0.3 is 4.74 Å². The Morgan fingerprint density at radius 2 is 2.00 bits per heavy atom. The van der Waals surface area contributed by atoms with Crippen molar-refractivity contribution in [1.29, 1.82) is 0 Å². The second-order valence-corrected chi connectivity index (χ2v) is 4.68. The molecule has 0 aliphatic carbocycles. The van der Waals surface area contributed by atoms with Crippen molar-refractivity contribution in [3.05, 3.63) is 29.3 Å². The molecule has 0 radical (unpaired) electrons. The van der Waals surface area contributed by atoms with E-state index in [-0.39, 0.29) is 5.97 Å². The van der Waals surface area contributed by atoms with Crippen LogP contribution < -0.4 is 4.74 Å². The number of hydrogen-bond acceptors (Lipinski definition) is 2. The number of carbonyl (C=O) groups is 1. The third-order valence-corrected chi connectivity index (χ3v) is 2.49. The van der Waals surface area contributed by atoms with E-state index in [1.807, 2.05) is 32.0 Å². The fourth-order valence-electron chi connectivity index (χ4n) is 1.40. The highest BCUT2D eigenvalue weighted by Gasteiger charge is 2.08. The first-order valence-electron chi connectivity index (χ1n) is 5.77. The van der Waals surface area contributed by atoms with Gasteiger partial charge in [-0.15, -0.1) is 0 Å². The number of rotatable bonds is 4. The molecule has 0 fully saturated rings. The Balaban J connectivity index is 2.59. The maximum absolute atomic E-state index is 11.6. The van der Waals surface area contributed by atoms with Crippen LogP contribution >= 0.6 is 0 Å².